The van der Waals surface area contributed by atoms with Crippen molar-refractivity contribution < 1.29 is 0 Å². The quantitative estimate of drug-likeness (QED) is 0.611. The summed E-state index contributed by atoms with van der Waals surface area (Å²) in [7, 11) is 0. The standard InChI is InChI=1S/C14H17N3/c1-11-5-3-4-6-13(11)17-16-12-7-9-14(2,15)10-8-12/h3-10,12H,15H2,1-2H3/b17-16+. The van der Waals surface area contributed by atoms with E-state index in [9.17, 15) is 0 Å². The van der Waals surface area contributed by atoms with E-state index in [0.29, 0.717) is 0 Å². The van der Waals surface area contributed by atoms with Crippen LogP contribution in [0.2, 0.25) is 0 Å². The Kier molecular flexibility index (Phi) is 3.20. The van der Waals surface area contributed by atoms with E-state index in [1.807, 2.05) is 62.4 Å². The van der Waals surface area contributed by atoms with Crippen LogP contribution < -0.4 is 5.73 Å². The number of hydrogen-bond acceptors (Lipinski definition) is 3. The predicted octanol–water partition coefficient (Wildman–Crippen LogP) is 3.29. The first-order valence-electron chi connectivity index (χ1n) is 5.71. The summed E-state index contributed by atoms with van der Waals surface area (Å²) in [6.45, 7) is 3.98. The van der Waals surface area contributed by atoms with Gasteiger partial charge in [-0.2, -0.15) is 10.2 Å². The number of hydrogen-bond donors (Lipinski definition) is 1. The van der Waals surface area contributed by atoms with E-state index in [4.69, 9.17) is 5.73 Å². The second-order valence-electron chi connectivity index (χ2n) is 4.58. The van der Waals surface area contributed by atoms with Crippen molar-refractivity contribution in [3.8, 4) is 0 Å². The van der Waals surface area contributed by atoms with Crippen molar-refractivity contribution in [2.75, 3.05) is 0 Å². The lowest BCUT2D eigenvalue weighted by molar-refractivity contribution is 0.705. The molecule has 0 fully saturated rings. The van der Waals surface area contributed by atoms with E-state index in [0.717, 1.165) is 11.3 Å². The molecule has 0 amide bonds. The molecule has 0 aliphatic heterocycles. The highest BCUT2D eigenvalue weighted by Gasteiger charge is 2.15. The first kappa shape index (κ1) is 11.7. The predicted molar refractivity (Wildman–Crippen MR) is 70.4 cm³/mol. The van der Waals surface area contributed by atoms with Gasteiger partial charge in [0, 0.05) is 5.54 Å². The second-order valence-corrected chi connectivity index (χ2v) is 4.58. The summed E-state index contributed by atoms with van der Waals surface area (Å²) in [6.07, 6.45) is 7.85. The van der Waals surface area contributed by atoms with Crippen molar-refractivity contribution in [2.45, 2.75) is 25.4 Å². The lowest BCUT2D eigenvalue weighted by Crippen LogP contribution is -2.33. The van der Waals surface area contributed by atoms with Crippen LogP contribution in [-0.2, 0) is 0 Å². The SMILES string of the molecule is Cc1ccccc1/N=N/C1C=CC(C)(N)C=C1. The van der Waals surface area contributed by atoms with Gasteiger partial charge in [0.15, 0.2) is 0 Å². The highest BCUT2D eigenvalue weighted by Crippen LogP contribution is 2.20. The molecule has 0 bridgehead atoms. The van der Waals surface area contributed by atoms with E-state index < -0.39 is 0 Å². The number of azo groups is 1. The maximum Gasteiger partial charge on any atom is 0.108 e. The molecule has 1 aliphatic rings. The van der Waals surface area contributed by atoms with Gasteiger partial charge < -0.3 is 5.73 Å². The summed E-state index contributed by atoms with van der Waals surface area (Å²) < 4.78 is 0. The maximum atomic E-state index is 5.93. The maximum absolute atomic E-state index is 5.93. The van der Waals surface area contributed by atoms with Gasteiger partial charge in [-0.1, -0.05) is 42.5 Å². The van der Waals surface area contributed by atoms with Crippen molar-refractivity contribution in [3.05, 3.63) is 54.1 Å². The monoisotopic (exact) mass is 227 g/mol. The van der Waals surface area contributed by atoms with Gasteiger partial charge in [-0.25, -0.2) is 0 Å². The molecule has 0 spiro atoms. The average Bonchev–Trinajstić information content (AvgIpc) is 2.30. The normalized spacial score (nSPS) is 27.8. The van der Waals surface area contributed by atoms with Gasteiger partial charge in [0.25, 0.3) is 0 Å². The molecular weight excluding hydrogens is 210 g/mol. The Morgan fingerprint density at radius 1 is 1.18 bits per heavy atom. The third-order valence-electron chi connectivity index (χ3n) is 2.72. The van der Waals surface area contributed by atoms with E-state index >= 15 is 0 Å². The summed E-state index contributed by atoms with van der Waals surface area (Å²) in [5, 5.41) is 8.53. The summed E-state index contributed by atoms with van der Waals surface area (Å²) >= 11 is 0. The van der Waals surface area contributed by atoms with Crippen molar-refractivity contribution >= 4 is 5.69 Å². The summed E-state index contributed by atoms with van der Waals surface area (Å²) in [6, 6.07) is 7.94. The first-order chi connectivity index (χ1) is 8.07. The molecule has 0 saturated heterocycles. The second kappa shape index (κ2) is 4.63. The number of nitrogens with zero attached hydrogens (tertiary/aromatic N) is 2. The fourth-order valence-corrected chi connectivity index (χ4v) is 1.61. The smallest absolute Gasteiger partial charge is 0.108 e. The zero-order chi connectivity index (χ0) is 12.3. The molecule has 1 aliphatic carbocycles. The van der Waals surface area contributed by atoms with Crippen LogP contribution in [0.4, 0.5) is 5.69 Å². The molecule has 3 nitrogen and oxygen atoms in total. The van der Waals surface area contributed by atoms with Crippen LogP contribution in [0.1, 0.15) is 12.5 Å². The van der Waals surface area contributed by atoms with Gasteiger partial charge in [0.05, 0.1) is 5.69 Å². The summed E-state index contributed by atoms with van der Waals surface area (Å²) in [4.78, 5) is 0. The number of benzene rings is 1. The Morgan fingerprint density at radius 2 is 1.82 bits per heavy atom. The fourth-order valence-electron chi connectivity index (χ4n) is 1.61. The molecule has 0 atom stereocenters. The third kappa shape index (κ3) is 3.11. The summed E-state index contributed by atoms with van der Waals surface area (Å²) in [5.41, 5.74) is 7.61. The van der Waals surface area contributed by atoms with Crippen LogP contribution in [0.15, 0.2) is 58.8 Å². The minimum Gasteiger partial charge on any atom is -0.319 e. The molecular formula is C14H17N3. The molecule has 2 rings (SSSR count). The van der Waals surface area contributed by atoms with Gasteiger partial charge in [-0.05, 0) is 25.5 Å². The minimum absolute atomic E-state index is 0.00812. The zero-order valence-electron chi connectivity index (χ0n) is 10.2. The molecule has 0 unspecified atom stereocenters. The highest BCUT2D eigenvalue weighted by molar-refractivity contribution is 5.44. The van der Waals surface area contributed by atoms with Crippen LogP contribution in [-0.4, -0.2) is 11.6 Å². The van der Waals surface area contributed by atoms with Gasteiger partial charge in [0.1, 0.15) is 6.04 Å². The molecule has 17 heavy (non-hydrogen) atoms. The largest absolute Gasteiger partial charge is 0.319 e. The van der Waals surface area contributed by atoms with Crippen LogP contribution in [0.3, 0.4) is 0 Å². The molecule has 1 aromatic rings. The first-order valence-corrected chi connectivity index (χ1v) is 5.71. The Bertz CT molecular complexity index is 468. The average molecular weight is 227 g/mol. The van der Waals surface area contributed by atoms with E-state index in [1.54, 1.807) is 0 Å². The molecule has 88 valence electrons. The van der Waals surface area contributed by atoms with Crippen LogP contribution in [0, 0.1) is 6.92 Å². The van der Waals surface area contributed by atoms with Gasteiger partial charge >= 0.3 is 0 Å². The molecule has 0 saturated carbocycles. The molecule has 1 aromatic carbocycles. The van der Waals surface area contributed by atoms with E-state index in [1.165, 1.54) is 0 Å². The zero-order valence-corrected chi connectivity index (χ0v) is 10.2. The van der Waals surface area contributed by atoms with Crippen molar-refractivity contribution in [2.24, 2.45) is 16.0 Å². The topological polar surface area (TPSA) is 50.7 Å². The lowest BCUT2D eigenvalue weighted by atomic mass is 9.96. The molecule has 0 heterocycles. The Labute approximate surface area is 102 Å². The lowest BCUT2D eigenvalue weighted by Gasteiger charge is -2.19. The minimum atomic E-state index is -0.352. The third-order valence-corrected chi connectivity index (χ3v) is 2.72. The molecule has 3 heteroatoms. The molecule has 2 N–H and O–H groups in total. The molecule has 0 aromatic heterocycles. The number of rotatable bonds is 2. The van der Waals surface area contributed by atoms with Crippen LogP contribution in [0.25, 0.3) is 0 Å². The molecule has 0 radical (unpaired) electrons. The van der Waals surface area contributed by atoms with Crippen molar-refractivity contribution in [1.82, 2.24) is 0 Å². The Balaban J connectivity index is 2.09. The Morgan fingerprint density at radius 3 is 2.47 bits per heavy atom. The number of aryl methyl sites for hydroxylation is 1. The highest BCUT2D eigenvalue weighted by atomic mass is 15.1. The number of nitrogens with two attached hydrogens (primary N) is 1. The van der Waals surface area contributed by atoms with Gasteiger partial charge in [-0.3, -0.25) is 0 Å². The van der Waals surface area contributed by atoms with Crippen molar-refractivity contribution in [3.63, 3.8) is 0 Å². The van der Waals surface area contributed by atoms with Crippen LogP contribution >= 0.6 is 0 Å². The summed E-state index contributed by atoms with van der Waals surface area (Å²) in [5.74, 6) is 0. The van der Waals surface area contributed by atoms with Crippen LogP contribution in [0.5, 0.6) is 0 Å². The fraction of sp³-hybridized carbons (Fsp3) is 0.286. The van der Waals surface area contributed by atoms with Gasteiger partial charge in [0.2, 0.25) is 0 Å². The Hall–Kier alpha value is -1.74. The van der Waals surface area contributed by atoms with Crippen molar-refractivity contribution in [1.29, 1.82) is 0 Å². The van der Waals surface area contributed by atoms with E-state index in [2.05, 4.69) is 10.2 Å². The van der Waals surface area contributed by atoms with E-state index in [-0.39, 0.29) is 11.6 Å². The van der Waals surface area contributed by atoms with Gasteiger partial charge in [-0.15, -0.1) is 0 Å².